The van der Waals surface area contributed by atoms with Gasteiger partial charge in [0.2, 0.25) is 0 Å². The van der Waals surface area contributed by atoms with Crippen molar-refractivity contribution in [3.8, 4) is 0 Å². The summed E-state index contributed by atoms with van der Waals surface area (Å²) in [6, 6.07) is 8.32. The van der Waals surface area contributed by atoms with E-state index in [0.717, 1.165) is 18.4 Å². The van der Waals surface area contributed by atoms with Gasteiger partial charge in [0.1, 0.15) is 0 Å². The minimum absolute atomic E-state index is 0.0165. The molecule has 7 nitrogen and oxygen atoms in total. The Bertz CT molecular complexity index is 904. The molecule has 1 aliphatic rings. The Kier molecular flexibility index (Phi) is 4.66. The molecule has 1 aromatic carbocycles. The smallest absolute Gasteiger partial charge is 0.335 e. The maximum absolute atomic E-state index is 12.9. The number of nitrogens with zero attached hydrogens (tertiary/aromatic N) is 3. The van der Waals surface area contributed by atoms with Crippen LogP contribution >= 0.6 is 0 Å². The van der Waals surface area contributed by atoms with Crippen LogP contribution in [0.1, 0.15) is 40.4 Å². The van der Waals surface area contributed by atoms with Crippen LogP contribution in [0, 0.1) is 6.92 Å². The van der Waals surface area contributed by atoms with Gasteiger partial charge >= 0.3 is 5.97 Å². The van der Waals surface area contributed by atoms with Crippen molar-refractivity contribution < 1.29 is 18.3 Å². The summed E-state index contributed by atoms with van der Waals surface area (Å²) in [5.74, 6) is -0.996. The fourth-order valence-electron chi connectivity index (χ4n) is 3.32. The van der Waals surface area contributed by atoms with Gasteiger partial charge in [-0.15, -0.1) is 0 Å². The van der Waals surface area contributed by atoms with Crippen LogP contribution in [0.25, 0.3) is 0 Å². The van der Waals surface area contributed by atoms with Crippen molar-refractivity contribution in [2.75, 3.05) is 13.1 Å². The van der Waals surface area contributed by atoms with Crippen LogP contribution in [-0.2, 0) is 17.1 Å². The number of sulfonamides is 1. The van der Waals surface area contributed by atoms with Gasteiger partial charge in [-0.2, -0.15) is 9.40 Å². The highest BCUT2D eigenvalue weighted by Gasteiger charge is 2.33. The maximum atomic E-state index is 12.9. The molecular formula is C17H21N3O4S. The number of piperidine rings is 1. The van der Waals surface area contributed by atoms with Crippen LogP contribution in [0.3, 0.4) is 0 Å². The average molecular weight is 363 g/mol. The summed E-state index contributed by atoms with van der Waals surface area (Å²) in [4.78, 5) is 11.2. The first-order chi connectivity index (χ1) is 11.8. The lowest BCUT2D eigenvalue weighted by molar-refractivity contribution is 0.0696. The molecule has 0 saturated carbocycles. The molecule has 1 unspecified atom stereocenters. The highest BCUT2D eigenvalue weighted by molar-refractivity contribution is 7.89. The van der Waals surface area contributed by atoms with Gasteiger partial charge < -0.3 is 5.11 Å². The second kappa shape index (κ2) is 6.61. The molecular weight excluding hydrogens is 342 g/mol. The number of carboxylic acid groups (broad SMARTS) is 1. The number of carbonyl (C=O) groups is 1. The van der Waals surface area contributed by atoms with Crippen molar-refractivity contribution in [3.63, 3.8) is 0 Å². The molecule has 0 aliphatic carbocycles. The second-order valence-corrected chi connectivity index (χ2v) is 8.27. The molecule has 0 amide bonds. The number of hydrogen-bond acceptors (Lipinski definition) is 4. The molecule has 2 aromatic rings. The Morgan fingerprint density at radius 2 is 2.08 bits per heavy atom. The fraction of sp³-hybridized carbons (Fsp3) is 0.412. The standard InChI is InChI=1S/C17H21N3O4S/c1-12-9-16(19(2)18-12)25(23,24)20-8-4-7-15(11-20)13-5-3-6-14(10-13)17(21)22/h3,5-6,9-10,15H,4,7-8,11H2,1-2H3,(H,21,22). The zero-order valence-corrected chi connectivity index (χ0v) is 15.0. The van der Waals surface area contributed by atoms with Crippen molar-refractivity contribution in [3.05, 3.63) is 47.2 Å². The molecule has 0 spiro atoms. The molecule has 1 aromatic heterocycles. The van der Waals surface area contributed by atoms with Gasteiger partial charge in [-0.3, -0.25) is 4.68 Å². The topological polar surface area (TPSA) is 92.5 Å². The molecule has 25 heavy (non-hydrogen) atoms. The Morgan fingerprint density at radius 1 is 1.32 bits per heavy atom. The molecule has 1 fully saturated rings. The van der Waals surface area contributed by atoms with Gasteiger partial charge in [-0.25, -0.2) is 13.2 Å². The third kappa shape index (κ3) is 3.45. The number of aromatic carboxylic acids is 1. The molecule has 2 heterocycles. The number of benzene rings is 1. The highest BCUT2D eigenvalue weighted by atomic mass is 32.2. The lowest BCUT2D eigenvalue weighted by atomic mass is 9.91. The summed E-state index contributed by atoms with van der Waals surface area (Å²) >= 11 is 0. The third-order valence-electron chi connectivity index (χ3n) is 4.55. The predicted molar refractivity (Wildman–Crippen MR) is 92.1 cm³/mol. The molecule has 1 N–H and O–H groups in total. The summed E-state index contributed by atoms with van der Waals surface area (Å²) in [7, 11) is -2.00. The van der Waals surface area contributed by atoms with Crippen molar-refractivity contribution in [2.45, 2.75) is 30.7 Å². The molecule has 1 atom stereocenters. The van der Waals surface area contributed by atoms with E-state index in [1.807, 2.05) is 6.07 Å². The summed E-state index contributed by atoms with van der Waals surface area (Å²) in [6.07, 6.45) is 1.57. The molecule has 1 saturated heterocycles. The molecule has 3 rings (SSSR count). The van der Waals surface area contributed by atoms with E-state index < -0.39 is 16.0 Å². The number of hydrogen-bond donors (Lipinski definition) is 1. The molecule has 134 valence electrons. The fourth-order valence-corrected chi connectivity index (χ4v) is 5.02. The number of aryl methyl sites for hydroxylation is 2. The SMILES string of the molecule is Cc1cc(S(=O)(=O)N2CCCC(c3cccc(C(=O)O)c3)C2)n(C)n1. The van der Waals surface area contributed by atoms with Gasteiger partial charge in [0.25, 0.3) is 10.0 Å². The first-order valence-corrected chi connectivity index (χ1v) is 9.57. The van der Waals surface area contributed by atoms with E-state index in [1.165, 1.54) is 8.99 Å². The Balaban J connectivity index is 1.87. The summed E-state index contributed by atoms with van der Waals surface area (Å²) < 4.78 is 28.8. The summed E-state index contributed by atoms with van der Waals surface area (Å²) in [5.41, 5.74) is 1.74. The largest absolute Gasteiger partial charge is 0.478 e. The van der Waals surface area contributed by atoms with E-state index in [2.05, 4.69) is 5.10 Å². The number of carboxylic acids is 1. The van der Waals surface area contributed by atoms with E-state index >= 15 is 0 Å². The summed E-state index contributed by atoms with van der Waals surface area (Å²) in [5, 5.41) is 13.5. The molecule has 1 aliphatic heterocycles. The lowest BCUT2D eigenvalue weighted by Crippen LogP contribution is -2.39. The van der Waals surface area contributed by atoms with Crippen molar-refractivity contribution in [1.29, 1.82) is 0 Å². The van der Waals surface area contributed by atoms with E-state index in [0.29, 0.717) is 18.8 Å². The quantitative estimate of drug-likeness (QED) is 0.897. The predicted octanol–water partition coefficient (Wildman–Crippen LogP) is 2.00. The van der Waals surface area contributed by atoms with E-state index in [-0.39, 0.29) is 16.5 Å². The van der Waals surface area contributed by atoms with Gasteiger partial charge in [0, 0.05) is 20.1 Å². The number of rotatable bonds is 4. The lowest BCUT2D eigenvalue weighted by Gasteiger charge is -2.32. The monoisotopic (exact) mass is 363 g/mol. The third-order valence-corrected chi connectivity index (χ3v) is 6.47. The Hall–Kier alpha value is -2.19. The van der Waals surface area contributed by atoms with Crippen LogP contribution in [-0.4, -0.2) is 46.7 Å². The van der Waals surface area contributed by atoms with Crippen LogP contribution in [0.5, 0.6) is 0 Å². The maximum Gasteiger partial charge on any atom is 0.335 e. The zero-order valence-electron chi connectivity index (χ0n) is 14.2. The molecule has 0 bridgehead atoms. The van der Waals surface area contributed by atoms with Gasteiger partial charge in [0.05, 0.1) is 11.3 Å². The summed E-state index contributed by atoms with van der Waals surface area (Å²) in [6.45, 7) is 2.56. The van der Waals surface area contributed by atoms with E-state index in [9.17, 15) is 13.2 Å². The van der Waals surface area contributed by atoms with Gasteiger partial charge in [-0.05, 0) is 49.4 Å². The first kappa shape index (κ1) is 17.6. The second-order valence-electron chi connectivity index (χ2n) is 6.38. The van der Waals surface area contributed by atoms with Gasteiger partial charge in [-0.1, -0.05) is 12.1 Å². The Morgan fingerprint density at radius 3 is 2.72 bits per heavy atom. The normalized spacial score (nSPS) is 19.0. The van der Waals surface area contributed by atoms with Crippen molar-refractivity contribution in [2.24, 2.45) is 7.05 Å². The zero-order chi connectivity index (χ0) is 18.2. The Labute approximate surface area is 146 Å². The minimum atomic E-state index is -3.62. The van der Waals surface area contributed by atoms with Crippen LogP contribution in [0.15, 0.2) is 35.4 Å². The minimum Gasteiger partial charge on any atom is -0.478 e. The van der Waals surface area contributed by atoms with E-state index in [4.69, 9.17) is 5.11 Å². The molecule has 8 heteroatoms. The van der Waals surface area contributed by atoms with Crippen LogP contribution in [0.2, 0.25) is 0 Å². The average Bonchev–Trinajstić information content (AvgIpc) is 2.94. The van der Waals surface area contributed by atoms with Crippen LogP contribution in [0.4, 0.5) is 0 Å². The first-order valence-electron chi connectivity index (χ1n) is 8.13. The van der Waals surface area contributed by atoms with Gasteiger partial charge in [0.15, 0.2) is 5.03 Å². The van der Waals surface area contributed by atoms with Crippen molar-refractivity contribution in [1.82, 2.24) is 14.1 Å². The van der Waals surface area contributed by atoms with Crippen LogP contribution < -0.4 is 0 Å². The van der Waals surface area contributed by atoms with Crippen molar-refractivity contribution >= 4 is 16.0 Å². The highest BCUT2D eigenvalue weighted by Crippen LogP contribution is 2.30. The van der Waals surface area contributed by atoms with E-state index in [1.54, 1.807) is 38.2 Å². The molecule has 0 radical (unpaired) electrons. The number of aromatic nitrogens is 2.